The van der Waals surface area contributed by atoms with Crippen LogP contribution in [0.2, 0.25) is 0 Å². The summed E-state index contributed by atoms with van der Waals surface area (Å²) in [5.41, 5.74) is 1.31. The van der Waals surface area contributed by atoms with Gasteiger partial charge in [-0.25, -0.2) is 0 Å². The maximum absolute atomic E-state index is 6.15. The molecule has 2 aliphatic rings. The van der Waals surface area contributed by atoms with Gasteiger partial charge in [-0.1, -0.05) is 18.2 Å². The Labute approximate surface area is 139 Å². The van der Waals surface area contributed by atoms with E-state index in [1.807, 2.05) is 12.1 Å². The highest BCUT2D eigenvalue weighted by Crippen LogP contribution is 2.25. The van der Waals surface area contributed by atoms with E-state index in [-0.39, 0.29) is 0 Å². The molecule has 1 aromatic rings. The number of ether oxygens (including phenoxy) is 2. The molecule has 0 saturated carbocycles. The predicted octanol–water partition coefficient (Wildman–Crippen LogP) is 2.40. The van der Waals surface area contributed by atoms with Crippen molar-refractivity contribution in [2.24, 2.45) is 5.92 Å². The molecule has 1 aromatic carbocycles. The third-order valence-corrected chi connectivity index (χ3v) is 4.94. The molecule has 2 heterocycles. The summed E-state index contributed by atoms with van der Waals surface area (Å²) < 4.78 is 11.5. The van der Waals surface area contributed by atoms with Crippen molar-refractivity contribution in [1.29, 1.82) is 0 Å². The van der Waals surface area contributed by atoms with Gasteiger partial charge in [0.05, 0.1) is 19.8 Å². The number of benzene rings is 1. The minimum Gasteiger partial charge on any atom is -0.497 e. The van der Waals surface area contributed by atoms with Gasteiger partial charge in [0.15, 0.2) is 0 Å². The smallest absolute Gasteiger partial charge is 0.119 e. The van der Waals surface area contributed by atoms with E-state index in [0.29, 0.717) is 12.0 Å². The summed E-state index contributed by atoms with van der Waals surface area (Å²) in [7, 11) is 1.72. The van der Waals surface area contributed by atoms with Crippen LogP contribution in [-0.4, -0.2) is 62.3 Å². The van der Waals surface area contributed by atoms with Crippen LogP contribution in [0.3, 0.4) is 0 Å². The lowest BCUT2D eigenvalue weighted by Gasteiger charge is -2.38. The van der Waals surface area contributed by atoms with E-state index in [1.165, 1.54) is 12.0 Å². The summed E-state index contributed by atoms with van der Waals surface area (Å²) in [5.74, 6) is 1.59. The summed E-state index contributed by atoms with van der Waals surface area (Å²) in [6, 6.07) is 8.37. The molecule has 2 fully saturated rings. The van der Waals surface area contributed by atoms with Gasteiger partial charge in [0.2, 0.25) is 0 Å². The van der Waals surface area contributed by atoms with Crippen molar-refractivity contribution >= 4 is 0 Å². The van der Waals surface area contributed by atoms with Crippen molar-refractivity contribution in [2.75, 3.05) is 46.4 Å². The van der Waals surface area contributed by atoms with Crippen molar-refractivity contribution < 1.29 is 9.47 Å². The molecule has 4 nitrogen and oxygen atoms in total. The highest BCUT2D eigenvalue weighted by Gasteiger charge is 2.33. The first-order valence-corrected chi connectivity index (χ1v) is 8.58. The molecular formula is C19H28N2O2. The van der Waals surface area contributed by atoms with Crippen LogP contribution < -0.4 is 4.74 Å². The molecule has 4 heteroatoms. The Kier molecular flexibility index (Phi) is 5.70. The fraction of sp³-hybridized carbons (Fsp3) is 0.579. The van der Waals surface area contributed by atoms with E-state index in [0.717, 1.165) is 51.6 Å². The second-order valence-electron chi connectivity index (χ2n) is 6.59. The molecule has 0 unspecified atom stereocenters. The average molecular weight is 316 g/mol. The molecule has 2 aliphatic heterocycles. The second-order valence-corrected chi connectivity index (χ2v) is 6.59. The summed E-state index contributed by atoms with van der Waals surface area (Å²) in [6.45, 7) is 11.0. The minimum absolute atomic E-state index is 0.365. The molecule has 0 radical (unpaired) electrons. The Balaban J connectivity index is 1.58. The second kappa shape index (κ2) is 7.95. The van der Waals surface area contributed by atoms with Gasteiger partial charge >= 0.3 is 0 Å². The molecule has 126 valence electrons. The first kappa shape index (κ1) is 16.5. The Morgan fingerprint density at radius 2 is 2.22 bits per heavy atom. The number of nitrogens with zero attached hydrogens (tertiary/aromatic N) is 2. The quantitative estimate of drug-likeness (QED) is 0.779. The zero-order valence-corrected chi connectivity index (χ0v) is 14.1. The molecule has 0 bridgehead atoms. The van der Waals surface area contributed by atoms with Crippen LogP contribution in [0.5, 0.6) is 5.75 Å². The summed E-state index contributed by atoms with van der Waals surface area (Å²) >= 11 is 0. The molecule has 0 aromatic heterocycles. The standard InChI is InChI=1S/C19H28N2O2/c1-3-8-20-10-11-23-19-15-21(9-7-17(19)14-20)13-16-5-4-6-18(12-16)22-2/h3-6,12,17,19H,1,7-11,13-15H2,2H3/t17-,19-/m1/s1. The predicted molar refractivity (Wildman–Crippen MR) is 92.8 cm³/mol. The van der Waals surface area contributed by atoms with Crippen LogP contribution in [0.15, 0.2) is 36.9 Å². The highest BCUT2D eigenvalue weighted by molar-refractivity contribution is 5.28. The molecular weight excluding hydrogens is 288 g/mol. The van der Waals surface area contributed by atoms with Gasteiger partial charge in [0.25, 0.3) is 0 Å². The van der Waals surface area contributed by atoms with Gasteiger partial charge in [-0.05, 0) is 30.7 Å². The van der Waals surface area contributed by atoms with E-state index in [4.69, 9.17) is 9.47 Å². The molecule has 2 atom stereocenters. The third-order valence-electron chi connectivity index (χ3n) is 4.94. The number of rotatable bonds is 5. The molecule has 0 aliphatic carbocycles. The SMILES string of the molecule is C=CCN1CCO[C@@H]2CN(Cc3cccc(OC)c3)CC[C@@H]2C1. The van der Waals surface area contributed by atoms with E-state index in [1.54, 1.807) is 7.11 Å². The molecule has 0 spiro atoms. The summed E-state index contributed by atoms with van der Waals surface area (Å²) in [4.78, 5) is 4.98. The molecule has 0 amide bonds. The Bertz CT molecular complexity index is 520. The fourth-order valence-corrected chi connectivity index (χ4v) is 3.70. The van der Waals surface area contributed by atoms with Gasteiger partial charge in [-0.3, -0.25) is 9.80 Å². The van der Waals surface area contributed by atoms with Crippen molar-refractivity contribution in [3.8, 4) is 5.75 Å². The Morgan fingerprint density at radius 1 is 1.30 bits per heavy atom. The van der Waals surface area contributed by atoms with Gasteiger partial charge in [0, 0.05) is 38.6 Å². The van der Waals surface area contributed by atoms with Crippen molar-refractivity contribution in [3.05, 3.63) is 42.5 Å². The topological polar surface area (TPSA) is 24.9 Å². The zero-order valence-electron chi connectivity index (χ0n) is 14.1. The fourth-order valence-electron chi connectivity index (χ4n) is 3.70. The first-order valence-electron chi connectivity index (χ1n) is 8.58. The van der Waals surface area contributed by atoms with E-state index in [9.17, 15) is 0 Å². The minimum atomic E-state index is 0.365. The number of likely N-dealkylation sites (tertiary alicyclic amines) is 1. The molecule has 0 N–H and O–H groups in total. The van der Waals surface area contributed by atoms with Crippen LogP contribution in [0.4, 0.5) is 0 Å². The number of hydrogen-bond acceptors (Lipinski definition) is 4. The Hall–Kier alpha value is -1.36. The van der Waals surface area contributed by atoms with Gasteiger partial charge in [0.1, 0.15) is 5.75 Å². The van der Waals surface area contributed by atoms with E-state index >= 15 is 0 Å². The number of hydrogen-bond donors (Lipinski definition) is 0. The van der Waals surface area contributed by atoms with Crippen LogP contribution in [-0.2, 0) is 11.3 Å². The van der Waals surface area contributed by atoms with Crippen molar-refractivity contribution in [1.82, 2.24) is 9.80 Å². The maximum Gasteiger partial charge on any atom is 0.119 e. The average Bonchev–Trinajstić information content (AvgIpc) is 2.77. The maximum atomic E-state index is 6.15. The van der Waals surface area contributed by atoms with Crippen LogP contribution in [0.1, 0.15) is 12.0 Å². The molecule has 3 rings (SSSR count). The van der Waals surface area contributed by atoms with E-state index < -0.39 is 0 Å². The number of methoxy groups -OCH3 is 1. The van der Waals surface area contributed by atoms with Crippen LogP contribution in [0, 0.1) is 5.92 Å². The third kappa shape index (κ3) is 4.34. The van der Waals surface area contributed by atoms with Crippen LogP contribution >= 0.6 is 0 Å². The van der Waals surface area contributed by atoms with Gasteiger partial charge in [-0.2, -0.15) is 0 Å². The molecule has 2 saturated heterocycles. The van der Waals surface area contributed by atoms with Crippen molar-refractivity contribution in [2.45, 2.75) is 19.1 Å². The zero-order chi connectivity index (χ0) is 16.1. The molecule has 23 heavy (non-hydrogen) atoms. The highest BCUT2D eigenvalue weighted by atomic mass is 16.5. The largest absolute Gasteiger partial charge is 0.497 e. The lowest BCUT2D eigenvalue weighted by Crippen LogP contribution is -2.46. The Morgan fingerprint density at radius 3 is 3.04 bits per heavy atom. The first-order chi connectivity index (χ1) is 11.3. The summed E-state index contributed by atoms with van der Waals surface area (Å²) in [6.07, 6.45) is 3.57. The number of fused-ring (bicyclic) bond motifs is 1. The summed E-state index contributed by atoms with van der Waals surface area (Å²) in [5, 5.41) is 0. The lowest BCUT2D eigenvalue weighted by molar-refractivity contribution is -0.0241. The van der Waals surface area contributed by atoms with Gasteiger partial charge < -0.3 is 9.47 Å². The van der Waals surface area contributed by atoms with Gasteiger partial charge in [-0.15, -0.1) is 6.58 Å². The van der Waals surface area contributed by atoms with Crippen molar-refractivity contribution in [3.63, 3.8) is 0 Å². The number of piperidine rings is 1. The van der Waals surface area contributed by atoms with Crippen LogP contribution in [0.25, 0.3) is 0 Å². The normalized spacial score (nSPS) is 26.3. The lowest BCUT2D eigenvalue weighted by atomic mass is 9.93. The monoisotopic (exact) mass is 316 g/mol. The van der Waals surface area contributed by atoms with E-state index in [2.05, 4.69) is 34.6 Å².